The van der Waals surface area contributed by atoms with Crippen molar-refractivity contribution in [2.24, 2.45) is 0 Å². The van der Waals surface area contributed by atoms with Crippen LogP contribution in [0, 0.1) is 11.3 Å². The van der Waals surface area contributed by atoms with E-state index in [-0.39, 0.29) is 17.9 Å². The van der Waals surface area contributed by atoms with Gasteiger partial charge in [0.2, 0.25) is 0 Å². The zero-order chi connectivity index (χ0) is 20.3. The van der Waals surface area contributed by atoms with Crippen LogP contribution in [0.25, 0.3) is 5.76 Å². The molecule has 0 radical (unpaired) electrons. The molecule has 0 spiro atoms. The molecule has 1 atom stereocenters. The quantitative estimate of drug-likeness (QED) is 0.372. The summed E-state index contributed by atoms with van der Waals surface area (Å²) in [5.74, 6) is -1.08. The highest BCUT2D eigenvalue weighted by Gasteiger charge is 2.46. The Morgan fingerprint density at radius 2 is 1.79 bits per heavy atom. The number of amides is 1. The molecule has 2 aromatic rings. The number of ketones is 1. The van der Waals surface area contributed by atoms with Gasteiger partial charge in [-0.05, 0) is 17.7 Å². The Balaban J connectivity index is 2.22. The molecule has 1 heterocycles. The highest BCUT2D eigenvalue weighted by Crippen LogP contribution is 2.41. The lowest BCUT2D eigenvalue weighted by atomic mass is 9.95. The normalized spacial score (nSPS) is 18.0. The Labute approximate surface area is 162 Å². The van der Waals surface area contributed by atoms with Crippen molar-refractivity contribution in [3.8, 4) is 17.6 Å². The Hall–Kier alpha value is -3.79. The molecule has 0 aliphatic carbocycles. The Morgan fingerprint density at radius 1 is 1.11 bits per heavy atom. The number of likely N-dealkylation sites (tertiary alicyclic amines) is 1. The predicted molar refractivity (Wildman–Crippen MR) is 101 cm³/mol. The van der Waals surface area contributed by atoms with E-state index in [4.69, 9.17) is 14.7 Å². The van der Waals surface area contributed by atoms with Crippen LogP contribution in [-0.4, -0.2) is 42.5 Å². The molecule has 0 bridgehead atoms. The van der Waals surface area contributed by atoms with E-state index in [1.165, 1.54) is 14.2 Å². The summed E-state index contributed by atoms with van der Waals surface area (Å²) in [6.45, 7) is -0.296. The third-order valence-electron chi connectivity index (χ3n) is 4.55. The molecule has 0 aromatic heterocycles. The number of carbonyl (C=O) groups excluding carboxylic acids is 2. The van der Waals surface area contributed by atoms with Gasteiger partial charge in [0.1, 0.15) is 12.3 Å². The fraction of sp³-hybridized carbons (Fsp3) is 0.190. The van der Waals surface area contributed by atoms with E-state index in [0.717, 1.165) is 4.90 Å². The van der Waals surface area contributed by atoms with Crippen molar-refractivity contribution in [1.82, 2.24) is 4.90 Å². The lowest BCUT2D eigenvalue weighted by Crippen LogP contribution is -2.30. The number of aliphatic hydroxyl groups is 1. The number of aliphatic hydroxyl groups excluding tert-OH is 1. The van der Waals surface area contributed by atoms with Crippen LogP contribution in [0.2, 0.25) is 0 Å². The SMILES string of the molecule is COc1ccc(C2/C(=C(/O)c3ccccc3)C(=O)C(=O)N2CC#N)cc1OC. The number of ether oxygens (including phenoxy) is 2. The molecule has 28 heavy (non-hydrogen) atoms. The van der Waals surface area contributed by atoms with Gasteiger partial charge in [0, 0.05) is 5.56 Å². The Kier molecular flexibility index (Phi) is 5.32. The molecule has 1 amide bonds. The van der Waals surface area contributed by atoms with Crippen LogP contribution in [0.15, 0.2) is 54.1 Å². The molecule has 1 aliphatic heterocycles. The summed E-state index contributed by atoms with van der Waals surface area (Å²) in [6.07, 6.45) is 0. The maximum absolute atomic E-state index is 12.7. The lowest BCUT2D eigenvalue weighted by Gasteiger charge is -2.23. The van der Waals surface area contributed by atoms with Gasteiger partial charge in [-0.15, -0.1) is 0 Å². The standard InChI is InChI=1S/C21H18N2O5/c1-27-15-9-8-14(12-16(15)28-2)18-17(19(24)13-6-4-3-5-7-13)20(25)21(26)23(18)11-10-22/h3-9,12,18,24H,11H2,1-2H3/b19-17-. The molecule has 2 aromatic carbocycles. The zero-order valence-corrected chi connectivity index (χ0v) is 15.4. The van der Waals surface area contributed by atoms with Gasteiger partial charge in [0.15, 0.2) is 11.5 Å². The van der Waals surface area contributed by atoms with E-state index in [9.17, 15) is 14.7 Å². The summed E-state index contributed by atoms with van der Waals surface area (Å²) in [7, 11) is 2.96. The third kappa shape index (κ3) is 3.16. The summed E-state index contributed by atoms with van der Waals surface area (Å²) in [4.78, 5) is 26.4. The number of nitrogens with zero attached hydrogens (tertiary/aromatic N) is 2. The molecule has 1 N–H and O–H groups in total. The number of benzene rings is 2. The summed E-state index contributed by atoms with van der Waals surface area (Å²) >= 11 is 0. The average Bonchev–Trinajstić information content (AvgIpc) is 2.98. The first kappa shape index (κ1) is 19.0. The van der Waals surface area contributed by atoms with E-state index < -0.39 is 17.7 Å². The van der Waals surface area contributed by atoms with E-state index in [2.05, 4.69) is 0 Å². The summed E-state index contributed by atoms with van der Waals surface area (Å²) in [6, 6.07) is 14.4. The first-order chi connectivity index (χ1) is 13.5. The third-order valence-corrected chi connectivity index (χ3v) is 4.55. The monoisotopic (exact) mass is 378 g/mol. The second-order valence-electron chi connectivity index (χ2n) is 6.07. The van der Waals surface area contributed by atoms with Crippen molar-refractivity contribution in [1.29, 1.82) is 5.26 Å². The van der Waals surface area contributed by atoms with Gasteiger partial charge in [-0.1, -0.05) is 36.4 Å². The smallest absolute Gasteiger partial charge is 0.296 e. The molecule has 1 unspecified atom stereocenters. The topological polar surface area (TPSA) is 99.9 Å². The number of methoxy groups -OCH3 is 2. The predicted octanol–water partition coefficient (Wildman–Crippen LogP) is 2.65. The van der Waals surface area contributed by atoms with Crippen LogP contribution in [0.5, 0.6) is 11.5 Å². The number of hydrogen-bond acceptors (Lipinski definition) is 6. The van der Waals surface area contributed by atoms with Crippen LogP contribution in [0.1, 0.15) is 17.2 Å². The molecule has 3 rings (SSSR count). The number of hydrogen-bond donors (Lipinski definition) is 1. The van der Waals surface area contributed by atoms with Gasteiger partial charge < -0.3 is 19.5 Å². The minimum absolute atomic E-state index is 0.0707. The first-order valence-corrected chi connectivity index (χ1v) is 8.46. The Morgan fingerprint density at radius 3 is 2.39 bits per heavy atom. The van der Waals surface area contributed by atoms with E-state index >= 15 is 0 Å². The van der Waals surface area contributed by atoms with Crippen LogP contribution >= 0.6 is 0 Å². The number of rotatable bonds is 5. The van der Waals surface area contributed by atoms with Crippen molar-refractivity contribution in [3.05, 3.63) is 65.2 Å². The van der Waals surface area contributed by atoms with Gasteiger partial charge >= 0.3 is 0 Å². The number of carbonyl (C=O) groups is 2. The molecular formula is C21H18N2O5. The zero-order valence-electron chi connectivity index (χ0n) is 15.4. The summed E-state index contributed by atoms with van der Waals surface area (Å²) < 4.78 is 10.5. The van der Waals surface area contributed by atoms with Crippen molar-refractivity contribution in [2.75, 3.05) is 20.8 Å². The fourth-order valence-corrected chi connectivity index (χ4v) is 3.24. The largest absolute Gasteiger partial charge is 0.507 e. The van der Waals surface area contributed by atoms with Gasteiger partial charge in [-0.2, -0.15) is 5.26 Å². The highest BCUT2D eigenvalue weighted by atomic mass is 16.5. The molecule has 1 aliphatic rings. The van der Waals surface area contributed by atoms with Crippen LogP contribution in [-0.2, 0) is 9.59 Å². The van der Waals surface area contributed by atoms with Gasteiger partial charge in [0.25, 0.3) is 11.7 Å². The molecule has 0 saturated carbocycles. The van der Waals surface area contributed by atoms with E-state index in [0.29, 0.717) is 22.6 Å². The average molecular weight is 378 g/mol. The van der Waals surface area contributed by atoms with Gasteiger partial charge in [0.05, 0.1) is 31.9 Å². The minimum atomic E-state index is -0.917. The molecule has 7 nitrogen and oxygen atoms in total. The highest BCUT2D eigenvalue weighted by molar-refractivity contribution is 6.46. The minimum Gasteiger partial charge on any atom is -0.507 e. The fourth-order valence-electron chi connectivity index (χ4n) is 3.24. The molecule has 1 fully saturated rings. The van der Waals surface area contributed by atoms with E-state index in [1.807, 2.05) is 6.07 Å². The molecule has 142 valence electrons. The molecule has 7 heteroatoms. The maximum atomic E-state index is 12.7. The van der Waals surface area contributed by atoms with E-state index in [1.54, 1.807) is 48.5 Å². The molecule has 1 saturated heterocycles. The second kappa shape index (κ2) is 7.84. The summed E-state index contributed by atoms with van der Waals surface area (Å²) in [5.41, 5.74) is 0.853. The first-order valence-electron chi connectivity index (χ1n) is 8.46. The lowest BCUT2D eigenvalue weighted by molar-refractivity contribution is -0.139. The van der Waals surface area contributed by atoms with Crippen molar-refractivity contribution < 1.29 is 24.2 Å². The summed E-state index contributed by atoms with van der Waals surface area (Å²) in [5, 5.41) is 19.9. The van der Waals surface area contributed by atoms with Crippen molar-refractivity contribution >= 4 is 17.4 Å². The second-order valence-corrected chi connectivity index (χ2v) is 6.07. The van der Waals surface area contributed by atoms with Crippen molar-refractivity contribution in [2.45, 2.75) is 6.04 Å². The maximum Gasteiger partial charge on any atom is 0.296 e. The molecular weight excluding hydrogens is 360 g/mol. The van der Waals surface area contributed by atoms with Crippen molar-refractivity contribution in [3.63, 3.8) is 0 Å². The number of nitriles is 1. The van der Waals surface area contributed by atoms with Crippen LogP contribution < -0.4 is 9.47 Å². The number of Topliss-reactive ketones (excluding diaryl/α,β-unsaturated/α-hetero) is 1. The van der Waals surface area contributed by atoms with Crippen LogP contribution in [0.4, 0.5) is 0 Å². The van der Waals surface area contributed by atoms with Crippen LogP contribution in [0.3, 0.4) is 0 Å². The van der Waals surface area contributed by atoms with Gasteiger partial charge in [-0.25, -0.2) is 0 Å². The Bertz CT molecular complexity index is 992. The van der Waals surface area contributed by atoms with Gasteiger partial charge in [-0.3, -0.25) is 9.59 Å².